The first-order chi connectivity index (χ1) is 12.7. The van der Waals surface area contributed by atoms with Gasteiger partial charge in [0.1, 0.15) is 6.29 Å². The van der Waals surface area contributed by atoms with Crippen LogP contribution in [0, 0.1) is 0 Å². The molecule has 0 amide bonds. The van der Waals surface area contributed by atoms with Gasteiger partial charge >= 0.3 is 0 Å². The molecule has 26 heavy (non-hydrogen) atoms. The lowest BCUT2D eigenvalue weighted by atomic mass is 10.0. The van der Waals surface area contributed by atoms with Crippen molar-refractivity contribution in [3.05, 3.63) is 54.2 Å². The molecule has 0 atom stereocenters. The summed E-state index contributed by atoms with van der Waals surface area (Å²) in [6.07, 6.45) is 2.71. The van der Waals surface area contributed by atoms with Crippen LogP contribution >= 0.6 is 0 Å². The molecule has 0 spiro atoms. The number of nitrogens with one attached hydrogen (secondary N) is 1. The zero-order chi connectivity index (χ0) is 17.9. The van der Waals surface area contributed by atoms with Gasteiger partial charge in [0, 0.05) is 43.3 Å². The second-order valence-electron chi connectivity index (χ2n) is 6.61. The average molecular weight is 347 g/mol. The summed E-state index contributed by atoms with van der Waals surface area (Å²) in [5.74, 6) is 0.623. The quantitative estimate of drug-likeness (QED) is 0.732. The van der Waals surface area contributed by atoms with Crippen LogP contribution in [0.4, 0.5) is 5.95 Å². The monoisotopic (exact) mass is 347 g/mol. The zero-order valence-electron chi connectivity index (χ0n) is 14.7. The molecule has 0 saturated carbocycles. The number of aldehydes is 1. The van der Waals surface area contributed by atoms with E-state index in [0.29, 0.717) is 11.5 Å². The topological polar surface area (TPSA) is 61.4 Å². The van der Waals surface area contributed by atoms with Crippen LogP contribution in [0.2, 0.25) is 0 Å². The summed E-state index contributed by atoms with van der Waals surface area (Å²) >= 11 is 0. The van der Waals surface area contributed by atoms with E-state index in [0.717, 1.165) is 54.5 Å². The third kappa shape index (κ3) is 3.56. The number of aromatic nitrogens is 2. The van der Waals surface area contributed by atoms with Gasteiger partial charge in [0.15, 0.2) is 0 Å². The molecule has 2 aromatic carbocycles. The van der Waals surface area contributed by atoms with Crippen molar-refractivity contribution in [2.45, 2.75) is 0 Å². The van der Waals surface area contributed by atoms with E-state index in [9.17, 15) is 4.79 Å². The van der Waals surface area contributed by atoms with Gasteiger partial charge in [0.05, 0.1) is 5.52 Å². The molecular formula is C20H21N5O. The van der Waals surface area contributed by atoms with Gasteiger partial charge in [-0.05, 0) is 36.4 Å². The van der Waals surface area contributed by atoms with Crippen LogP contribution < -0.4 is 5.43 Å². The second-order valence-corrected chi connectivity index (χ2v) is 6.61. The summed E-state index contributed by atoms with van der Waals surface area (Å²) in [6.45, 7) is 3.96. The Kier molecular flexibility index (Phi) is 4.60. The predicted molar refractivity (Wildman–Crippen MR) is 103 cm³/mol. The number of benzene rings is 2. The van der Waals surface area contributed by atoms with Crippen LogP contribution in [0.15, 0.2) is 48.7 Å². The molecule has 0 bridgehead atoms. The van der Waals surface area contributed by atoms with Crippen LogP contribution in [0.25, 0.3) is 22.0 Å². The van der Waals surface area contributed by atoms with Crippen molar-refractivity contribution >= 4 is 23.1 Å². The van der Waals surface area contributed by atoms with Crippen molar-refractivity contribution in [3.63, 3.8) is 0 Å². The first kappa shape index (κ1) is 16.6. The third-order valence-corrected chi connectivity index (χ3v) is 4.70. The van der Waals surface area contributed by atoms with Gasteiger partial charge in [-0.3, -0.25) is 10.2 Å². The minimum absolute atomic E-state index is 0.623. The fraction of sp³-hybridized carbons (Fsp3) is 0.250. The maximum absolute atomic E-state index is 11.0. The Labute approximate surface area is 152 Å². The summed E-state index contributed by atoms with van der Waals surface area (Å²) in [4.78, 5) is 22.4. The Bertz CT molecular complexity index is 934. The largest absolute Gasteiger partial charge is 0.304 e. The van der Waals surface area contributed by atoms with Gasteiger partial charge in [-0.15, -0.1) is 0 Å². The van der Waals surface area contributed by atoms with Crippen molar-refractivity contribution in [2.24, 2.45) is 0 Å². The fourth-order valence-electron chi connectivity index (χ4n) is 3.12. The number of carbonyl (C=O) groups is 1. The van der Waals surface area contributed by atoms with E-state index in [-0.39, 0.29) is 0 Å². The van der Waals surface area contributed by atoms with E-state index in [1.165, 1.54) is 0 Å². The van der Waals surface area contributed by atoms with E-state index >= 15 is 0 Å². The van der Waals surface area contributed by atoms with Gasteiger partial charge in [-0.1, -0.05) is 24.3 Å². The van der Waals surface area contributed by atoms with Crippen molar-refractivity contribution in [2.75, 3.05) is 38.7 Å². The number of carbonyl (C=O) groups excluding carboxylic acids is 1. The molecule has 0 radical (unpaired) electrons. The average Bonchev–Trinajstić information content (AvgIpc) is 2.69. The summed E-state index contributed by atoms with van der Waals surface area (Å²) in [6, 6.07) is 13.7. The van der Waals surface area contributed by atoms with E-state index in [1.807, 2.05) is 36.5 Å². The Morgan fingerprint density at radius 3 is 2.65 bits per heavy atom. The van der Waals surface area contributed by atoms with Crippen LogP contribution in [-0.2, 0) is 0 Å². The third-order valence-electron chi connectivity index (χ3n) is 4.70. The molecule has 2 heterocycles. The summed E-state index contributed by atoms with van der Waals surface area (Å²) in [7, 11) is 2.13. The SMILES string of the molecule is CN1CCN(Nc2ncc3cc(-c4cccc(C=O)c4)ccc3n2)CC1. The normalized spacial score (nSPS) is 15.9. The first-order valence-corrected chi connectivity index (χ1v) is 8.74. The highest BCUT2D eigenvalue weighted by Crippen LogP contribution is 2.24. The minimum atomic E-state index is 0.623. The second kappa shape index (κ2) is 7.19. The van der Waals surface area contributed by atoms with Gasteiger partial charge in [0.25, 0.3) is 0 Å². The summed E-state index contributed by atoms with van der Waals surface area (Å²) < 4.78 is 0. The summed E-state index contributed by atoms with van der Waals surface area (Å²) in [5, 5.41) is 3.13. The Morgan fingerprint density at radius 1 is 1.04 bits per heavy atom. The highest BCUT2D eigenvalue weighted by atomic mass is 16.1. The Balaban J connectivity index is 1.57. The lowest BCUT2D eigenvalue weighted by molar-refractivity contribution is 0.112. The van der Waals surface area contributed by atoms with Crippen LogP contribution in [0.1, 0.15) is 10.4 Å². The van der Waals surface area contributed by atoms with Crippen molar-refractivity contribution < 1.29 is 4.79 Å². The smallest absolute Gasteiger partial charge is 0.238 e. The Hall–Kier alpha value is -2.83. The van der Waals surface area contributed by atoms with Crippen molar-refractivity contribution in [3.8, 4) is 11.1 Å². The molecule has 0 aliphatic carbocycles. The summed E-state index contributed by atoms with van der Waals surface area (Å²) in [5.41, 5.74) is 6.92. The van der Waals surface area contributed by atoms with E-state index in [4.69, 9.17) is 0 Å². The van der Waals surface area contributed by atoms with E-state index in [2.05, 4.69) is 38.4 Å². The first-order valence-electron chi connectivity index (χ1n) is 8.74. The highest BCUT2D eigenvalue weighted by molar-refractivity contribution is 5.86. The van der Waals surface area contributed by atoms with Gasteiger partial charge in [-0.25, -0.2) is 15.0 Å². The molecule has 1 aliphatic heterocycles. The molecule has 6 heteroatoms. The molecule has 1 N–H and O–H groups in total. The molecule has 6 nitrogen and oxygen atoms in total. The zero-order valence-corrected chi connectivity index (χ0v) is 14.7. The van der Waals surface area contributed by atoms with E-state index in [1.54, 1.807) is 6.07 Å². The van der Waals surface area contributed by atoms with E-state index < -0.39 is 0 Å². The molecule has 1 saturated heterocycles. The number of fused-ring (bicyclic) bond motifs is 1. The number of rotatable bonds is 4. The Morgan fingerprint density at radius 2 is 1.85 bits per heavy atom. The van der Waals surface area contributed by atoms with Crippen molar-refractivity contribution in [1.82, 2.24) is 19.9 Å². The van der Waals surface area contributed by atoms with Crippen molar-refractivity contribution in [1.29, 1.82) is 0 Å². The maximum Gasteiger partial charge on any atom is 0.238 e. The molecule has 3 aromatic rings. The van der Waals surface area contributed by atoms with Gasteiger partial charge < -0.3 is 4.90 Å². The predicted octanol–water partition coefficient (Wildman–Crippen LogP) is 2.68. The van der Waals surface area contributed by atoms with Crippen LogP contribution in [-0.4, -0.2) is 59.4 Å². The number of nitrogens with zero attached hydrogens (tertiary/aromatic N) is 4. The molecule has 132 valence electrons. The number of hydrogen-bond donors (Lipinski definition) is 1. The standard InChI is InChI=1S/C20H21N5O/c1-24-7-9-25(10-8-24)23-20-21-13-18-12-17(5-6-19(18)22-20)16-4-2-3-15(11-16)14-26/h2-6,11-14H,7-10H2,1H3,(H,21,22,23). The van der Waals surface area contributed by atoms with Gasteiger partial charge in [0.2, 0.25) is 5.95 Å². The number of hydrogen-bond acceptors (Lipinski definition) is 6. The minimum Gasteiger partial charge on any atom is -0.304 e. The molecule has 4 rings (SSSR count). The maximum atomic E-state index is 11.0. The lowest BCUT2D eigenvalue weighted by Crippen LogP contribution is -2.47. The molecule has 1 aliphatic rings. The van der Waals surface area contributed by atoms with Gasteiger partial charge in [-0.2, -0.15) is 0 Å². The van der Waals surface area contributed by atoms with Crippen LogP contribution in [0.5, 0.6) is 0 Å². The molecular weight excluding hydrogens is 326 g/mol. The number of anilines is 1. The highest BCUT2D eigenvalue weighted by Gasteiger charge is 2.14. The number of piperazine rings is 1. The number of hydrazine groups is 1. The number of likely N-dealkylation sites (N-methyl/N-ethyl adjacent to an activating group) is 1. The molecule has 1 fully saturated rings. The van der Waals surface area contributed by atoms with Crippen LogP contribution in [0.3, 0.4) is 0 Å². The lowest BCUT2D eigenvalue weighted by Gasteiger charge is -2.32. The molecule has 0 unspecified atom stereocenters. The fourth-order valence-corrected chi connectivity index (χ4v) is 3.12. The molecule has 1 aromatic heterocycles.